The lowest BCUT2D eigenvalue weighted by atomic mass is 9.89. The average molecular weight is 379 g/mol. The number of carbonyl (C=O) groups excluding carboxylic acids is 1. The Bertz CT molecular complexity index is 635. The highest BCUT2D eigenvalue weighted by Crippen LogP contribution is 2.33. The van der Waals surface area contributed by atoms with Crippen LogP contribution in [-0.4, -0.2) is 55.4 Å². The van der Waals surface area contributed by atoms with Crippen LogP contribution in [0, 0.1) is 5.92 Å². The van der Waals surface area contributed by atoms with Crippen LogP contribution in [0.25, 0.3) is 0 Å². The highest BCUT2D eigenvalue weighted by molar-refractivity contribution is 6.30. The molecule has 3 fully saturated rings. The van der Waals surface area contributed by atoms with Crippen LogP contribution in [-0.2, 0) is 20.8 Å². The number of amides is 1. The second-order valence-corrected chi connectivity index (χ2v) is 8.07. The molecule has 0 spiro atoms. The summed E-state index contributed by atoms with van der Waals surface area (Å²) in [4.78, 5) is 14.7. The van der Waals surface area contributed by atoms with Crippen molar-refractivity contribution < 1.29 is 14.3 Å². The Labute approximate surface area is 160 Å². The third-order valence-corrected chi connectivity index (χ3v) is 6.07. The molecule has 3 atom stereocenters. The van der Waals surface area contributed by atoms with Gasteiger partial charge in [0.2, 0.25) is 5.91 Å². The number of carbonyl (C=O) groups is 1. The fourth-order valence-corrected chi connectivity index (χ4v) is 4.49. The molecule has 0 unspecified atom stereocenters. The Kier molecular flexibility index (Phi) is 5.79. The third-order valence-electron chi connectivity index (χ3n) is 5.84. The van der Waals surface area contributed by atoms with Crippen molar-refractivity contribution >= 4 is 17.5 Å². The van der Waals surface area contributed by atoms with E-state index in [0.29, 0.717) is 31.9 Å². The van der Waals surface area contributed by atoms with E-state index >= 15 is 0 Å². The summed E-state index contributed by atoms with van der Waals surface area (Å²) < 4.78 is 11.5. The Balaban J connectivity index is 1.20. The molecule has 26 heavy (non-hydrogen) atoms. The first-order valence-electron chi connectivity index (χ1n) is 9.68. The molecule has 4 rings (SSSR count). The van der Waals surface area contributed by atoms with Crippen LogP contribution >= 0.6 is 11.6 Å². The lowest BCUT2D eigenvalue weighted by Crippen LogP contribution is -2.64. The van der Waals surface area contributed by atoms with Crippen LogP contribution in [0.15, 0.2) is 24.3 Å². The monoisotopic (exact) mass is 378 g/mol. The molecule has 0 aromatic heterocycles. The molecular weight excluding hydrogens is 352 g/mol. The fourth-order valence-electron chi connectivity index (χ4n) is 4.28. The van der Waals surface area contributed by atoms with Gasteiger partial charge in [-0.1, -0.05) is 23.7 Å². The number of nitrogens with zero attached hydrogens (tertiary/aromatic N) is 1. The van der Waals surface area contributed by atoms with Crippen LogP contribution in [0.4, 0.5) is 0 Å². The minimum Gasteiger partial charge on any atom is -0.381 e. The van der Waals surface area contributed by atoms with Gasteiger partial charge in [0.1, 0.15) is 0 Å². The van der Waals surface area contributed by atoms with Gasteiger partial charge in [-0.05, 0) is 43.4 Å². The second-order valence-electron chi connectivity index (χ2n) is 7.63. The van der Waals surface area contributed by atoms with E-state index < -0.39 is 0 Å². The normalized spacial score (nSPS) is 29.7. The summed E-state index contributed by atoms with van der Waals surface area (Å²) in [5.74, 6) is 0.271. The molecule has 3 heterocycles. The second kappa shape index (κ2) is 8.26. The summed E-state index contributed by atoms with van der Waals surface area (Å²) in [7, 11) is 0. The maximum atomic E-state index is 12.2. The van der Waals surface area contributed by atoms with Crippen LogP contribution in [0.3, 0.4) is 0 Å². The molecule has 0 saturated carbocycles. The molecule has 0 aliphatic carbocycles. The Morgan fingerprint density at radius 1 is 1.23 bits per heavy atom. The minimum atomic E-state index is 0.108. The number of nitrogens with one attached hydrogen (secondary N) is 1. The summed E-state index contributed by atoms with van der Waals surface area (Å²) in [6.07, 6.45) is 4.24. The number of rotatable bonds is 5. The van der Waals surface area contributed by atoms with E-state index in [9.17, 15) is 4.79 Å². The number of ether oxygens (including phenoxy) is 2. The summed E-state index contributed by atoms with van der Waals surface area (Å²) in [6.45, 7) is 3.92. The van der Waals surface area contributed by atoms with E-state index in [1.807, 2.05) is 18.2 Å². The van der Waals surface area contributed by atoms with E-state index in [1.165, 1.54) is 5.56 Å². The quantitative estimate of drug-likeness (QED) is 0.855. The zero-order chi connectivity index (χ0) is 17.9. The van der Waals surface area contributed by atoms with Gasteiger partial charge < -0.3 is 14.8 Å². The average Bonchev–Trinajstić information content (AvgIpc) is 2.65. The maximum absolute atomic E-state index is 12.2. The molecular formula is C20H27ClN2O3. The molecule has 1 amide bonds. The van der Waals surface area contributed by atoms with Crippen LogP contribution < -0.4 is 5.32 Å². The summed E-state index contributed by atoms with van der Waals surface area (Å²) in [5.41, 5.74) is 1.25. The van der Waals surface area contributed by atoms with Gasteiger partial charge >= 0.3 is 0 Å². The van der Waals surface area contributed by atoms with Gasteiger partial charge in [-0.15, -0.1) is 0 Å². The third kappa shape index (κ3) is 4.22. The standard InChI is InChI=1S/C20H27ClN2O3/c21-16-3-1-2-14(10-16)12-23-13-19-18(23)5-4-17(26-19)11-22-20(24)15-6-8-25-9-7-15/h1-3,10,15,17-19H,4-9,11-13H2,(H,22,24)/t17-,18+,19+/m0/s1. The van der Waals surface area contributed by atoms with Crippen molar-refractivity contribution in [2.75, 3.05) is 26.3 Å². The highest BCUT2D eigenvalue weighted by atomic mass is 35.5. The van der Waals surface area contributed by atoms with Crippen molar-refractivity contribution in [3.8, 4) is 0 Å². The number of likely N-dealkylation sites (tertiary alicyclic amines) is 1. The van der Waals surface area contributed by atoms with Crippen LogP contribution in [0.1, 0.15) is 31.2 Å². The van der Waals surface area contributed by atoms with Crippen molar-refractivity contribution in [2.24, 2.45) is 5.92 Å². The summed E-state index contributed by atoms with van der Waals surface area (Å²) >= 11 is 6.08. The van der Waals surface area contributed by atoms with E-state index in [2.05, 4.69) is 16.3 Å². The number of fused-ring (bicyclic) bond motifs is 1. The van der Waals surface area contributed by atoms with Crippen molar-refractivity contribution in [1.29, 1.82) is 0 Å². The van der Waals surface area contributed by atoms with Gasteiger partial charge in [0.25, 0.3) is 0 Å². The zero-order valence-electron chi connectivity index (χ0n) is 15.0. The van der Waals surface area contributed by atoms with E-state index in [0.717, 1.165) is 43.8 Å². The number of halogens is 1. The molecule has 3 aliphatic rings. The maximum Gasteiger partial charge on any atom is 0.223 e. The molecule has 0 radical (unpaired) electrons. The van der Waals surface area contributed by atoms with E-state index in [1.54, 1.807) is 0 Å². The summed E-state index contributed by atoms with van der Waals surface area (Å²) in [5, 5.41) is 3.88. The van der Waals surface area contributed by atoms with Crippen molar-refractivity contribution in [1.82, 2.24) is 10.2 Å². The Hall–Kier alpha value is -1.14. The summed E-state index contributed by atoms with van der Waals surface area (Å²) in [6, 6.07) is 8.57. The smallest absolute Gasteiger partial charge is 0.223 e. The van der Waals surface area contributed by atoms with Crippen molar-refractivity contribution in [3.05, 3.63) is 34.9 Å². The predicted molar refractivity (Wildman–Crippen MR) is 100 cm³/mol. The topological polar surface area (TPSA) is 50.8 Å². The lowest BCUT2D eigenvalue weighted by molar-refractivity contribution is -0.170. The van der Waals surface area contributed by atoms with Crippen molar-refractivity contribution in [3.63, 3.8) is 0 Å². The first kappa shape index (κ1) is 18.2. The Morgan fingerprint density at radius 3 is 2.85 bits per heavy atom. The number of benzene rings is 1. The van der Waals surface area contributed by atoms with E-state index in [4.69, 9.17) is 21.1 Å². The number of hydrogen-bond acceptors (Lipinski definition) is 4. The molecule has 0 bridgehead atoms. The molecule has 6 heteroatoms. The molecule has 1 aromatic rings. The van der Waals surface area contributed by atoms with Crippen LogP contribution in [0.5, 0.6) is 0 Å². The van der Waals surface area contributed by atoms with E-state index in [-0.39, 0.29) is 17.9 Å². The molecule has 1 aromatic carbocycles. The lowest BCUT2D eigenvalue weighted by Gasteiger charge is -2.52. The van der Waals surface area contributed by atoms with Gasteiger partial charge in [0.05, 0.1) is 12.2 Å². The number of hydrogen-bond donors (Lipinski definition) is 1. The van der Waals surface area contributed by atoms with Gasteiger partial charge in [0, 0.05) is 49.8 Å². The molecule has 5 nitrogen and oxygen atoms in total. The van der Waals surface area contributed by atoms with Crippen molar-refractivity contribution in [2.45, 2.75) is 50.5 Å². The van der Waals surface area contributed by atoms with Gasteiger partial charge in [-0.3, -0.25) is 9.69 Å². The molecule has 3 aliphatic heterocycles. The highest BCUT2D eigenvalue weighted by Gasteiger charge is 2.43. The van der Waals surface area contributed by atoms with Crippen LogP contribution in [0.2, 0.25) is 5.02 Å². The van der Waals surface area contributed by atoms with Gasteiger partial charge in [0.15, 0.2) is 0 Å². The fraction of sp³-hybridized carbons (Fsp3) is 0.650. The largest absolute Gasteiger partial charge is 0.381 e. The van der Waals surface area contributed by atoms with Gasteiger partial charge in [-0.25, -0.2) is 0 Å². The SMILES string of the molecule is O=C(NC[C@@H]1CC[C@@H]2[C@@H](CN2Cc2cccc(Cl)c2)O1)C1CCOCC1. The molecule has 142 valence electrons. The van der Waals surface area contributed by atoms with Gasteiger partial charge in [-0.2, -0.15) is 0 Å². The zero-order valence-corrected chi connectivity index (χ0v) is 15.8. The molecule has 1 N–H and O–H groups in total. The minimum absolute atomic E-state index is 0.108. The Morgan fingerprint density at radius 2 is 2.08 bits per heavy atom. The first-order chi connectivity index (χ1) is 12.7. The first-order valence-corrected chi connectivity index (χ1v) is 10.1. The molecule has 3 saturated heterocycles. The predicted octanol–water partition coefficient (Wildman–Crippen LogP) is 2.61.